The van der Waals surface area contributed by atoms with Crippen LogP contribution in [0.4, 0.5) is 15.8 Å². The molecular formula is C22H24FN3O4. The van der Waals surface area contributed by atoms with Crippen molar-refractivity contribution in [3.05, 3.63) is 53.8 Å². The van der Waals surface area contributed by atoms with Crippen LogP contribution in [0.15, 0.2) is 42.5 Å². The number of aryl methyl sites for hydroxylation is 1. The lowest BCUT2D eigenvalue weighted by molar-refractivity contribution is -0.142. The third-order valence-electron chi connectivity index (χ3n) is 5.19. The molecule has 7 nitrogen and oxygen atoms in total. The van der Waals surface area contributed by atoms with Gasteiger partial charge < -0.3 is 24.6 Å². The number of carbonyl (C=O) groups excluding carboxylic acids is 2. The minimum absolute atomic E-state index is 0.0272. The zero-order valence-corrected chi connectivity index (χ0v) is 16.8. The van der Waals surface area contributed by atoms with Gasteiger partial charge in [0.1, 0.15) is 11.6 Å². The minimum Gasteiger partial charge on any atom is -0.477 e. The second kappa shape index (κ2) is 8.71. The highest BCUT2D eigenvalue weighted by atomic mass is 19.1. The SMILES string of the molecule is Cc1ccc(NC(=O)CN2C[C@@H](C(=O)N3CCOCC3)Oc3ccccc32)c(F)c1. The Bertz CT molecular complexity index is 946. The van der Waals surface area contributed by atoms with E-state index in [-0.39, 0.29) is 30.6 Å². The van der Waals surface area contributed by atoms with Crippen molar-refractivity contribution in [2.24, 2.45) is 0 Å². The van der Waals surface area contributed by atoms with Gasteiger partial charge in [-0.05, 0) is 36.8 Å². The van der Waals surface area contributed by atoms with E-state index >= 15 is 0 Å². The summed E-state index contributed by atoms with van der Waals surface area (Å²) < 4.78 is 25.3. The van der Waals surface area contributed by atoms with Gasteiger partial charge in [-0.25, -0.2) is 4.39 Å². The largest absolute Gasteiger partial charge is 0.477 e. The Morgan fingerprint density at radius 2 is 1.93 bits per heavy atom. The van der Waals surface area contributed by atoms with Crippen LogP contribution in [0.25, 0.3) is 0 Å². The number of para-hydroxylation sites is 2. The molecule has 4 rings (SSSR count). The van der Waals surface area contributed by atoms with Crippen LogP contribution in [0.1, 0.15) is 5.56 Å². The monoisotopic (exact) mass is 413 g/mol. The summed E-state index contributed by atoms with van der Waals surface area (Å²) in [6.45, 7) is 4.04. The maximum atomic E-state index is 14.1. The van der Waals surface area contributed by atoms with Crippen LogP contribution in [0, 0.1) is 12.7 Å². The summed E-state index contributed by atoms with van der Waals surface area (Å²) in [4.78, 5) is 29.1. The van der Waals surface area contributed by atoms with E-state index in [4.69, 9.17) is 9.47 Å². The molecule has 2 heterocycles. The van der Waals surface area contributed by atoms with Gasteiger partial charge in [-0.3, -0.25) is 9.59 Å². The molecule has 2 amide bonds. The second-order valence-corrected chi connectivity index (χ2v) is 7.42. The van der Waals surface area contributed by atoms with Crippen LogP contribution in [-0.4, -0.2) is 62.2 Å². The summed E-state index contributed by atoms with van der Waals surface area (Å²) >= 11 is 0. The molecule has 1 atom stereocenters. The highest BCUT2D eigenvalue weighted by Gasteiger charge is 2.34. The smallest absolute Gasteiger partial charge is 0.265 e. The van der Waals surface area contributed by atoms with Crippen LogP contribution in [-0.2, 0) is 14.3 Å². The third-order valence-corrected chi connectivity index (χ3v) is 5.19. The van der Waals surface area contributed by atoms with E-state index in [0.29, 0.717) is 32.1 Å². The topological polar surface area (TPSA) is 71.1 Å². The predicted molar refractivity (Wildman–Crippen MR) is 110 cm³/mol. The number of ether oxygens (including phenoxy) is 2. The van der Waals surface area contributed by atoms with Crippen molar-refractivity contribution in [3.8, 4) is 5.75 Å². The molecule has 2 aliphatic heterocycles. The van der Waals surface area contributed by atoms with Crippen LogP contribution in [0.2, 0.25) is 0 Å². The van der Waals surface area contributed by atoms with Crippen molar-refractivity contribution in [2.45, 2.75) is 13.0 Å². The summed E-state index contributed by atoms with van der Waals surface area (Å²) in [6.07, 6.45) is -0.720. The third kappa shape index (κ3) is 4.38. The predicted octanol–water partition coefficient (Wildman–Crippen LogP) is 2.20. The number of carbonyl (C=O) groups is 2. The maximum Gasteiger partial charge on any atom is 0.265 e. The fraction of sp³-hybridized carbons (Fsp3) is 0.364. The normalized spacial score (nSPS) is 18.4. The fourth-order valence-electron chi connectivity index (χ4n) is 3.66. The number of hydrogen-bond donors (Lipinski definition) is 1. The van der Waals surface area contributed by atoms with E-state index < -0.39 is 11.9 Å². The van der Waals surface area contributed by atoms with Crippen molar-refractivity contribution in [1.29, 1.82) is 0 Å². The van der Waals surface area contributed by atoms with E-state index in [1.54, 1.807) is 34.9 Å². The average molecular weight is 413 g/mol. The molecule has 0 aliphatic carbocycles. The van der Waals surface area contributed by atoms with Gasteiger partial charge in [0, 0.05) is 13.1 Å². The van der Waals surface area contributed by atoms with Gasteiger partial charge in [0.25, 0.3) is 5.91 Å². The molecule has 1 N–H and O–H groups in total. The molecule has 0 bridgehead atoms. The minimum atomic E-state index is -0.720. The summed E-state index contributed by atoms with van der Waals surface area (Å²) in [6, 6.07) is 11.9. The van der Waals surface area contributed by atoms with Gasteiger partial charge in [0.05, 0.1) is 37.7 Å². The number of amides is 2. The lowest BCUT2D eigenvalue weighted by Gasteiger charge is -2.38. The number of fused-ring (bicyclic) bond motifs is 1. The number of morpholine rings is 1. The molecule has 0 radical (unpaired) electrons. The number of halogens is 1. The molecule has 0 aromatic heterocycles. The van der Waals surface area contributed by atoms with Crippen molar-refractivity contribution in [3.63, 3.8) is 0 Å². The maximum absolute atomic E-state index is 14.1. The van der Waals surface area contributed by atoms with Gasteiger partial charge in [-0.2, -0.15) is 0 Å². The Balaban J connectivity index is 1.49. The first-order valence-electron chi connectivity index (χ1n) is 9.94. The lowest BCUT2D eigenvalue weighted by Crippen LogP contribution is -2.53. The number of anilines is 2. The highest BCUT2D eigenvalue weighted by molar-refractivity contribution is 5.95. The first kappa shape index (κ1) is 20.2. The standard InChI is InChI=1S/C22H24FN3O4/c1-15-6-7-17(16(23)12-15)24-21(27)14-26-13-20(22(28)25-8-10-29-11-9-25)30-19-5-3-2-4-18(19)26/h2-7,12,20H,8-11,13-14H2,1H3,(H,24,27)/t20-/m0/s1. The van der Waals surface area contributed by atoms with Crippen LogP contribution < -0.4 is 15.0 Å². The zero-order chi connectivity index (χ0) is 21.1. The highest BCUT2D eigenvalue weighted by Crippen LogP contribution is 2.33. The number of hydrogen-bond acceptors (Lipinski definition) is 5. The van der Waals surface area contributed by atoms with Gasteiger partial charge in [0.15, 0.2) is 6.10 Å². The Hall–Kier alpha value is -3.13. The van der Waals surface area contributed by atoms with Crippen LogP contribution >= 0.6 is 0 Å². The molecule has 0 spiro atoms. The number of nitrogens with one attached hydrogen (secondary N) is 1. The van der Waals surface area contributed by atoms with Crippen LogP contribution in [0.3, 0.4) is 0 Å². The van der Waals surface area contributed by atoms with Crippen molar-refractivity contribution in [1.82, 2.24) is 4.90 Å². The molecule has 158 valence electrons. The summed E-state index contributed by atoms with van der Waals surface area (Å²) in [7, 11) is 0. The number of nitrogens with zero attached hydrogens (tertiary/aromatic N) is 2. The molecule has 30 heavy (non-hydrogen) atoms. The number of benzene rings is 2. The molecule has 2 aromatic rings. The summed E-state index contributed by atoms with van der Waals surface area (Å²) in [5.74, 6) is -0.425. The molecule has 1 fully saturated rings. The molecule has 0 unspecified atom stereocenters. The van der Waals surface area contributed by atoms with Gasteiger partial charge >= 0.3 is 0 Å². The molecule has 8 heteroatoms. The average Bonchev–Trinajstić information content (AvgIpc) is 2.75. The molecule has 0 saturated carbocycles. The van der Waals surface area contributed by atoms with Gasteiger partial charge in [-0.15, -0.1) is 0 Å². The van der Waals surface area contributed by atoms with E-state index in [0.717, 1.165) is 11.3 Å². The zero-order valence-electron chi connectivity index (χ0n) is 16.8. The van der Waals surface area contributed by atoms with Crippen molar-refractivity contribution >= 4 is 23.2 Å². The summed E-state index contributed by atoms with van der Waals surface area (Å²) in [5.41, 5.74) is 1.63. The molecule has 1 saturated heterocycles. The van der Waals surface area contributed by atoms with E-state index in [1.165, 1.54) is 6.07 Å². The Labute approximate surface area is 174 Å². The van der Waals surface area contributed by atoms with E-state index in [2.05, 4.69) is 5.32 Å². The Kier molecular flexibility index (Phi) is 5.85. The quantitative estimate of drug-likeness (QED) is 0.832. The Morgan fingerprint density at radius 1 is 1.17 bits per heavy atom. The molecular weight excluding hydrogens is 389 g/mol. The fourth-order valence-corrected chi connectivity index (χ4v) is 3.66. The lowest BCUT2D eigenvalue weighted by atomic mass is 10.1. The van der Waals surface area contributed by atoms with Gasteiger partial charge in [-0.1, -0.05) is 18.2 Å². The second-order valence-electron chi connectivity index (χ2n) is 7.42. The number of rotatable bonds is 4. The van der Waals surface area contributed by atoms with Crippen molar-refractivity contribution in [2.75, 3.05) is 49.6 Å². The first-order valence-corrected chi connectivity index (χ1v) is 9.94. The van der Waals surface area contributed by atoms with Crippen LogP contribution in [0.5, 0.6) is 5.75 Å². The van der Waals surface area contributed by atoms with E-state index in [1.807, 2.05) is 18.2 Å². The molecule has 2 aliphatic rings. The molecule has 2 aromatic carbocycles. The van der Waals surface area contributed by atoms with Crippen molar-refractivity contribution < 1.29 is 23.5 Å². The Morgan fingerprint density at radius 3 is 2.70 bits per heavy atom. The first-order chi connectivity index (χ1) is 14.5. The van der Waals surface area contributed by atoms with E-state index in [9.17, 15) is 14.0 Å². The summed E-state index contributed by atoms with van der Waals surface area (Å²) in [5, 5.41) is 2.61. The van der Waals surface area contributed by atoms with Gasteiger partial charge in [0.2, 0.25) is 5.91 Å².